The van der Waals surface area contributed by atoms with Crippen molar-refractivity contribution in [3.63, 3.8) is 0 Å². The van der Waals surface area contributed by atoms with E-state index >= 15 is 0 Å². The number of benzene rings is 2. The average Bonchev–Trinajstić information content (AvgIpc) is 3.40. The molecule has 2 aromatic heterocycles. The Morgan fingerprint density at radius 3 is 2.32 bits per heavy atom. The summed E-state index contributed by atoms with van der Waals surface area (Å²) < 4.78 is 12.6. The van der Waals surface area contributed by atoms with Gasteiger partial charge in [-0.25, -0.2) is 0 Å². The summed E-state index contributed by atoms with van der Waals surface area (Å²) in [5.74, 6) is 2.07. The number of nitrogens with one attached hydrogen (secondary N) is 1. The van der Waals surface area contributed by atoms with Gasteiger partial charge in [-0.1, -0.05) is 0 Å². The standard InChI is InChI=1S/C13H13NO2.C10H11NO/c1-8-9-7-11-12(15)5-6-14(11)10(9)3-4-13(8)16-2;1-7-8-5-6-11-9(8)3-4-10(7)12-2/h3-4,7H,5-6H2,1-2H3;3-6,11H,1-2H3. The smallest absolute Gasteiger partial charge is 0.181 e. The fourth-order valence-electron chi connectivity index (χ4n) is 3.98. The Hall–Kier alpha value is -3.21. The number of hydrogen-bond acceptors (Lipinski definition) is 3. The van der Waals surface area contributed by atoms with Gasteiger partial charge in [0.15, 0.2) is 5.78 Å². The summed E-state index contributed by atoms with van der Waals surface area (Å²) in [6.07, 6.45) is 2.58. The number of ketones is 1. The molecule has 0 fully saturated rings. The Labute approximate surface area is 163 Å². The van der Waals surface area contributed by atoms with Gasteiger partial charge in [-0.15, -0.1) is 0 Å². The number of H-pyrrole nitrogens is 1. The first-order valence-corrected chi connectivity index (χ1v) is 9.36. The number of aromatic nitrogens is 2. The summed E-state index contributed by atoms with van der Waals surface area (Å²) >= 11 is 0. The Morgan fingerprint density at radius 1 is 0.929 bits per heavy atom. The van der Waals surface area contributed by atoms with Gasteiger partial charge >= 0.3 is 0 Å². The first-order chi connectivity index (χ1) is 13.5. The summed E-state index contributed by atoms with van der Waals surface area (Å²) in [7, 11) is 3.36. The van der Waals surface area contributed by atoms with Gasteiger partial charge in [0, 0.05) is 52.1 Å². The molecule has 5 heteroatoms. The normalized spacial score (nSPS) is 12.8. The van der Waals surface area contributed by atoms with Crippen molar-refractivity contribution in [2.45, 2.75) is 26.8 Å². The van der Waals surface area contributed by atoms with Crippen molar-refractivity contribution in [3.05, 3.63) is 59.4 Å². The zero-order valence-corrected chi connectivity index (χ0v) is 16.6. The molecule has 0 saturated carbocycles. The van der Waals surface area contributed by atoms with Crippen LogP contribution in [0.25, 0.3) is 21.8 Å². The molecule has 28 heavy (non-hydrogen) atoms. The number of carbonyl (C=O) groups excluding carboxylic acids is 1. The molecule has 4 aromatic rings. The predicted octanol–water partition coefficient (Wildman–Crippen LogP) is 5.03. The third kappa shape index (κ3) is 2.83. The maximum atomic E-state index is 11.6. The van der Waals surface area contributed by atoms with Crippen LogP contribution in [0.4, 0.5) is 0 Å². The molecule has 1 aliphatic heterocycles. The van der Waals surface area contributed by atoms with Crippen LogP contribution < -0.4 is 9.47 Å². The molecule has 1 N–H and O–H groups in total. The summed E-state index contributed by atoms with van der Waals surface area (Å²) in [6, 6.07) is 12.1. The van der Waals surface area contributed by atoms with Gasteiger partial charge < -0.3 is 19.0 Å². The lowest BCUT2D eigenvalue weighted by Crippen LogP contribution is -1.92. The van der Waals surface area contributed by atoms with Gasteiger partial charge in [0.05, 0.1) is 19.9 Å². The van der Waals surface area contributed by atoms with Crippen LogP contribution in [0.5, 0.6) is 11.5 Å². The van der Waals surface area contributed by atoms with Gasteiger partial charge in [0.2, 0.25) is 0 Å². The molecule has 0 amide bonds. The number of fused-ring (bicyclic) bond motifs is 4. The number of nitrogens with zero attached hydrogens (tertiary/aromatic N) is 1. The number of hydrogen-bond donors (Lipinski definition) is 1. The van der Waals surface area contributed by atoms with Crippen molar-refractivity contribution in [2.24, 2.45) is 0 Å². The van der Waals surface area contributed by atoms with Crippen molar-refractivity contribution in [1.82, 2.24) is 9.55 Å². The third-order valence-corrected chi connectivity index (χ3v) is 5.55. The molecule has 2 aromatic carbocycles. The number of methoxy groups -OCH3 is 2. The van der Waals surface area contributed by atoms with Crippen LogP contribution in [0.1, 0.15) is 28.0 Å². The molecular weight excluding hydrogens is 352 g/mol. The van der Waals surface area contributed by atoms with E-state index in [1.165, 1.54) is 10.9 Å². The van der Waals surface area contributed by atoms with Crippen molar-refractivity contribution < 1.29 is 14.3 Å². The van der Waals surface area contributed by atoms with E-state index in [4.69, 9.17) is 9.47 Å². The van der Waals surface area contributed by atoms with Gasteiger partial charge in [0.25, 0.3) is 0 Å². The summed E-state index contributed by atoms with van der Waals surface area (Å²) in [4.78, 5) is 14.8. The molecule has 5 rings (SSSR count). The molecule has 1 aliphatic rings. The number of ether oxygens (including phenoxy) is 2. The van der Waals surface area contributed by atoms with Crippen LogP contribution in [-0.4, -0.2) is 29.6 Å². The molecule has 0 saturated heterocycles. The molecule has 0 bridgehead atoms. The number of aryl methyl sites for hydroxylation is 3. The fraction of sp³-hybridized carbons (Fsp3) is 0.261. The molecule has 0 radical (unpaired) electrons. The van der Waals surface area contributed by atoms with Crippen molar-refractivity contribution in [2.75, 3.05) is 14.2 Å². The summed E-state index contributed by atoms with van der Waals surface area (Å²) in [5, 5.41) is 2.36. The van der Waals surface area contributed by atoms with Crippen molar-refractivity contribution in [1.29, 1.82) is 0 Å². The number of Topliss-reactive ketones (excluding diaryl/α,β-unsaturated/α-hetero) is 1. The molecule has 144 valence electrons. The number of carbonyl (C=O) groups is 1. The minimum Gasteiger partial charge on any atom is -0.496 e. The Morgan fingerprint density at radius 2 is 1.61 bits per heavy atom. The topological polar surface area (TPSA) is 56.2 Å². The quantitative estimate of drug-likeness (QED) is 0.534. The SMILES string of the molecule is COc1ccc2[nH]ccc2c1C.COc1ccc2c(cc3n2CCC3=O)c1C. The molecular formula is C23H24N2O3. The van der Waals surface area contributed by atoms with Gasteiger partial charge in [-0.3, -0.25) is 4.79 Å². The highest BCUT2D eigenvalue weighted by molar-refractivity contribution is 6.03. The zero-order chi connectivity index (χ0) is 19.8. The fourth-order valence-corrected chi connectivity index (χ4v) is 3.98. The van der Waals surface area contributed by atoms with E-state index in [0.717, 1.165) is 45.7 Å². The van der Waals surface area contributed by atoms with E-state index in [0.29, 0.717) is 6.42 Å². The van der Waals surface area contributed by atoms with Crippen LogP contribution in [0.2, 0.25) is 0 Å². The van der Waals surface area contributed by atoms with Gasteiger partial charge in [-0.05, 0) is 50.2 Å². The molecule has 3 heterocycles. The Kier molecular flexibility index (Phi) is 4.59. The first kappa shape index (κ1) is 18.2. The minimum atomic E-state index is 0.245. The molecule has 0 unspecified atom stereocenters. The van der Waals surface area contributed by atoms with Crippen molar-refractivity contribution >= 4 is 27.6 Å². The molecule has 0 spiro atoms. The second-order valence-electron chi connectivity index (χ2n) is 7.01. The lowest BCUT2D eigenvalue weighted by molar-refractivity contribution is 0.0994. The maximum Gasteiger partial charge on any atom is 0.181 e. The molecule has 5 nitrogen and oxygen atoms in total. The van der Waals surface area contributed by atoms with E-state index < -0.39 is 0 Å². The first-order valence-electron chi connectivity index (χ1n) is 9.36. The minimum absolute atomic E-state index is 0.245. The van der Waals surface area contributed by atoms with E-state index in [1.54, 1.807) is 14.2 Å². The van der Waals surface area contributed by atoms with Crippen molar-refractivity contribution in [3.8, 4) is 11.5 Å². The summed E-state index contributed by atoms with van der Waals surface area (Å²) in [5.41, 5.74) is 5.43. The maximum absolute atomic E-state index is 11.6. The summed E-state index contributed by atoms with van der Waals surface area (Å²) in [6.45, 7) is 4.90. The Balaban J connectivity index is 0.000000143. The van der Waals surface area contributed by atoms with E-state index in [2.05, 4.69) is 22.5 Å². The highest BCUT2D eigenvalue weighted by atomic mass is 16.5. The highest BCUT2D eigenvalue weighted by Crippen LogP contribution is 2.32. The number of rotatable bonds is 2. The highest BCUT2D eigenvalue weighted by Gasteiger charge is 2.23. The number of aromatic amines is 1. The van der Waals surface area contributed by atoms with E-state index in [1.807, 2.05) is 43.5 Å². The van der Waals surface area contributed by atoms with Crippen LogP contribution in [0, 0.1) is 13.8 Å². The molecule has 0 aliphatic carbocycles. The lowest BCUT2D eigenvalue weighted by atomic mass is 10.1. The average molecular weight is 376 g/mol. The molecule has 0 atom stereocenters. The van der Waals surface area contributed by atoms with Crippen LogP contribution in [0.15, 0.2) is 42.6 Å². The van der Waals surface area contributed by atoms with E-state index in [-0.39, 0.29) is 5.78 Å². The van der Waals surface area contributed by atoms with Crippen LogP contribution >= 0.6 is 0 Å². The lowest BCUT2D eigenvalue weighted by Gasteiger charge is -2.06. The zero-order valence-electron chi connectivity index (χ0n) is 16.6. The predicted molar refractivity (Wildman–Crippen MR) is 112 cm³/mol. The van der Waals surface area contributed by atoms with Crippen LogP contribution in [-0.2, 0) is 6.54 Å². The second-order valence-corrected chi connectivity index (χ2v) is 7.01. The van der Waals surface area contributed by atoms with Gasteiger partial charge in [0.1, 0.15) is 11.5 Å². The third-order valence-electron chi connectivity index (χ3n) is 5.55. The van der Waals surface area contributed by atoms with E-state index in [9.17, 15) is 4.79 Å². The van der Waals surface area contributed by atoms with Gasteiger partial charge in [-0.2, -0.15) is 0 Å². The largest absolute Gasteiger partial charge is 0.496 e. The monoisotopic (exact) mass is 376 g/mol. The van der Waals surface area contributed by atoms with Crippen LogP contribution in [0.3, 0.4) is 0 Å². The Bertz CT molecular complexity index is 1180. The second kappa shape index (κ2) is 7.08.